The molecule has 4 nitrogen and oxygen atoms in total. The van der Waals surface area contributed by atoms with Crippen molar-refractivity contribution in [2.75, 3.05) is 20.3 Å². The predicted molar refractivity (Wildman–Crippen MR) is 73.2 cm³/mol. The van der Waals surface area contributed by atoms with Gasteiger partial charge in [-0.2, -0.15) is 0 Å². The molecule has 2 unspecified atom stereocenters. The van der Waals surface area contributed by atoms with Crippen molar-refractivity contribution in [3.05, 3.63) is 0 Å². The van der Waals surface area contributed by atoms with Gasteiger partial charge in [-0.25, -0.2) is 0 Å². The lowest BCUT2D eigenvalue weighted by atomic mass is 9.68. The molecule has 1 aliphatic rings. The van der Waals surface area contributed by atoms with Gasteiger partial charge in [-0.15, -0.1) is 0 Å². The van der Waals surface area contributed by atoms with E-state index in [-0.39, 0.29) is 23.3 Å². The Morgan fingerprint density at radius 2 is 2.22 bits per heavy atom. The van der Waals surface area contributed by atoms with E-state index in [4.69, 9.17) is 10.5 Å². The van der Waals surface area contributed by atoms with Crippen LogP contribution in [0.1, 0.15) is 46.0 Å². The summed E-state index contributed by atoms with van der Waals surface area (Å²) in [5.41, 5.74) is 5.80. The molecular weight excluding hydrogens is 228 g/mol. The number of rotatable bonds is 6. The van der Waals surface area contributed by atoms with E-state index in [0.29, 0.717) is 13.2 Å². The molecule has 106 valence electrons. The molecule has 0 radical (unpaired) electrons. The van der Waals surface area contributed by atoms with Gasteiger partial charge in [0, 0.05) is 32.2 Å². The van der Waals surface area contributed by atoms with Gasteiger partial charge >= 0.3 is 0 Å². The summed E-state index contributed by atoms with van der Waals surface area (Å²) < 4.78 is 5.04. The maximum Gasteiger partial charge on any atom is 0.223 e. The van der Waals surface area contributed by atoms with E-state index in [2.05, 4.69) is 19.2 Å². The quantitative estimate of drug-likeness (QED) is 0.760. The normalized spacial score (nSPS) is 24.6. The molecule has 1 fully saturated rings. The second kappa shape index (κ2) is 7.10. The van der Waals surface area contributed by atoms with Gasteiger partial charge in [0.2, 0.25) is 5.91 Å². The SMILES string of the molecule is COCCC(CN)NC(=O)C1CCCCC1(C)C. The molecule has 0 aromatic heterocycles. The minimum absolute atomic E-state index is 0.0372. The zero-order chi connectivity index (χ0) is 13.6. The van der Waals surface area contributed by atoms with Crippen molar-refractivity contribution in [2.45, 2.75) is 52.0 Å². The number of carbonyl (C=O) groups is 1. The number of nitrogens with one attached hydrogen (secondary N) is 1. The Hall–Kier alpha value is -0.610. The van der Waals surface area contributed by atoms with E-state index in [1.165, 1.54) is 6.42 Å². The maximum absolute atomic E-state index is 12.3. The van der Waals surface area contributed by atoms with Crippen molar-refractivity contribution < 1.29 is 9.53 Å². The van der Waals surface area contributed by atoms with Crippen molar-refractivity contribution in [1.29, 1.82) is 0 Å². The molecule has 3 N–H and O–H groups in total. The van der Waals surface area contributed by atoms with E-state index in [0.717, 1.165) is 25.7 Å². The Morgan fingerprint density at radius 1 is 1.50 bits per heavy atom. The van der Waals surface area contributed by atoms with E-state index >= 15 is 0 Å². The van der Waals surface area contributed by atoms with Crippen molar-refractivity contribution in [2.24, 2.45) is 17.1 Å². The molecule has 0 saturated heterocycles. The first kappa shape index (κ1) is 15.4. The van der Waals surface area contributed by atoms with Crippen LogP contribution >= 0.6 is 0 Å². The second-order valence-electron chi connectivity index (χ2n) is 6.01. The zero-order valence-corrected chi connectivity index (χ0v) is 12.0. The second-order valence-corrected chi connectivity index (χ2v) is 6.01. The third-order valence-electron chi connectivity index (χ3n) is 4.13. The number of hydrogen-bond acceptors (Lipinski definition) is 3. The van der Waals surface area contributed by atoms with Crippen molar-refractivity contribution in [3.63, 3.8) is 0 Å². The zero-order valence-electron chi connectivity index (χ0n) is 12.0. The number of methoxy groups -OCH3 is 1. The van der Waals surface area contributed by atoms with Gasteiger partial charge in [-0.1, -0.05) is 26.7 Å². The number of carbonyl (C=O) groups excluding carboxylic acids is 1. The topological polar surface area (TPSA) is 64.3 Å². The van der Waals surface area contributed by atoms with Gasteiger partial charge in [0.15, 0.2) is 0 Å². The first-order chi connectivity index (χ1) is 8.51. The fourth-order valence-electron chi connectivity index (χ4n) is 2.79. The van der Waals surface area contributed by atoms with Crippen LogP contribution in [0.4, 0.5) is 0 Å². The fourth-order valence-corrected chi connectivity index (χ4v) is 2.79. The lowest BCUT2D eigenvalue weighted by molar-refractivity contribution is -0.131. The first-order valence-corrected chi connectivity index (χ1v) is 7.00. The molecule has 1 saturated carbocycles. The first-order valence-electron chi connectivity index (χ1n) is 7.00. The summed E-state index contributed by atoms with van der Waals surface area (Å²) in [7, 11) is 1.67. The molecule has 0 aliphatic heterocycles. The monoisotopic (exact) mass is 256 g/mol. The number of hydrogen-bond donors (Lipinski definition) is 2. The van der Waals surface area contributed by atoms with Gasteiger partial charge in [0.05, 0.1) is 0 Å². The fraction of sp³-hybridized carbons (Fsp3) is 0.929. The summed E-state index contributed by atoms with van der Waals surface area (Å²) in [5, 5.41) is 3.08. The molecule has 0 aromatic carbocycles. The Kier molecular flexibility index (Phi) is 6.09. The van der Waals surface area contributed by atoms with Crippen molar-refractivity contribution >= 4 is 5.91 Å². The maximum atomic E-state index is 12.3. The van der Waals surface area contributed by atoms with Gasteiger partial charge < -0.3 is 15.8 Å². The molecule has 2 atom stereocenters. The van der Waals surface area contributed by atoms with Crippen LogP contribution < -0.4 is 11.1 Å². The van der Waals surface area contributed by atoms with Crippen LogP contribution in [0, 0.1) is 11.3 Å². The van der Waals surface area contributed by atoms with Gasteiger partial charge in [0.1, 0.15) is 0 Å². The predicted octanol–water partition coefficient (Wildman–Crippen LogP) is 1.68. The molecule has 18 heavy (non-hydrogen) atoms. The minimum Gasteiger partial charge on any atom is -0.385 e. The Balaban J connectivity index is 2.51. The van der Waals surface area contributed by atoms with Gasteiger partial charge in [0.25, 0.3) is 0 Å². The van der Waals surface area contributed by atoms with Crippen LogP contribution in [-0.2, 0) is 9.53 Å². The average molecular weight is 256 g/mol. The lowest BCUT2D eigenvalue weighted by Gasteiger charge is -2.38. The highest BCUT2D eigenvalue weighted by atomic mass is 16.5. The highest BCUT2D eigenvalue weighted by molar-refractivity contribution is 5.79. The summed E-state index contributed by atoms with van der Waals surface area (Å²) in [5.74, 6) is 0.300. The summed E-state index contributed by atoms with van der Waals surface area (Å²) in [6.07, 6.45) is 5.32. The van der Waals surface area contributed by atoms with Crippen LogP contribution in [0.3, 0.4) is 0 Å². The Labute approximate surface area is 111 Å². The average Bonchev–Trinajstić information content (AvgIpc) is 2.33. The molecular formula is C14H28N2O2. The molecule has 1 aliphatic carbocycles. The number of amides is 1. The van der Waals surface area contributed by atoms with Crippen LogP contribution in [-0.4, -0.2) is 32.2 Å². The van der Waals surface area contributed by atoms with E-state index in [1.807, 2.05) is 0 Å². The number of nitrogens with two attached hydrogens (primary N) is 1. The third kappa shape index (κ3) is 4.25. The summed E-state index contributed by atoms with van der Waals surface area (Å²) in [6, 6.07) is 0.0372. The highest BCUT2D eigenvalue weighted by Gasteiger charge is 2.37. The van der Waals surface area contributed by atoms with E-state index in [1.54, 1.807) is 7.11 Å². The van der Waals surface area contributed by atoms with Crippen LogP contribution in [0.5, 0.6) is 0 Å². The Bertz CT molecular complexity index is 267. The number of ether oxygens (including phenoxy) is 1. The minimum atomic E-state index is 0.0372. The van der Waals surface area contributed by atoms with Crippen LogP contribution in [0.15, 0.2) is 0 Å². The lowest BCUT2D eigenvalue weighted by Crippen LogP contribution is -2.47. The van der Waals surface area contributed by atoms with Gasteiger partial charge in [-0.3, -0.25) is 4.79 Å². The van der Waals surface area contributed by atoms with Crippen LogP contribution in [0.25, 0.3) is 0 Å². The van der Waals surface area contributed by atoms with Crippen LogP contribution in [0.2, 0.25) is 0 Å². The molecule has 0 bridgehead atoms. The van der Waals surface area contributed by atoms with Crippen molar-refractivity contribution in [3.8, 4) is 0 Å². The molecule has 0 spiro atoms. The van der Waals surface area contributed by atoms with Gasteiger partial charge in [-0.05, 0) is 24.7 Å². The molecule has 0 aromatic rings. The molecule has 0 heterocycles. The van der Waals surface area contributed by atoms with Crippen molar-refractivity contribution in [1.82, 2.24) is 5.32 Å². The molecule has 1 rings (SSSR count). The molecule has 1 amide bonds. The highest BCUT2D eigenvalue weighted by Crippen LogP contribution is 2.40. The summed E-state index contributed by atoms with van der Waals surface area (Å²) in [6.45, 7) is 5.50. The Morgan fingerprint density at radius 3 is 2.78 bits per heavy atom. The largest absolute Gasteiger partial charge is 0.385 e. The summed E-state index contributed by atoms with van der Waals surface area (Å²) in [4.78, 5) is 12.3. The van der Waals surface area contributed by atoms with E-state index in [9.17, 15) is 4.79 Å². The molecule has 4 heteroatoms. The standard InChI is InChI=1S/C14H28N2O2/c1-14(2)8-5-4-6-12(14)13(17)16-11(10-15)7-9-18-3/h11-12H,4-10,15H2,1-3H3,(H,16,17). The smallest absolute Gasteiger partial charge is 0.223 e. The summed E-state index contributed by atoms with van der Waals surface area (Å²) >= 11 is 0. The third-order valence-corrected chi connectivity index (χ3v) is 4.13. The van der Waals surface area contributed by atoms with E-state index < -0.39 is 0 Å².